The van der Waals surface area contributed by atoms with Gasteiger partial charge in [0, 0.05) is 21.2 Å². The van der Waals surface area contributed by atoms with E-state index >= 15 is 8.78 Å². The molecule has 220 valence electrons. The van der Waals surface area contributed by atoms with Gasteiger partial charge in [0.25, 0.3) is 5.91 Å². The lowest BCUT2D eigenvalue weighted by molar-refractivity contribution is -0.210. The smallest absolute Gasteiger partial charge is 0.308 e. The molecule has 0 unspecified atom stereocenters. The molecule has 2 heterocycles. The first-order valence-corrected chi connectivity index (χ1v) is 14.0. The van der Waals surface area contributed by atoms with Crippen molar-refractivity contribution >= 4 is 40.9 Å². The number of carbonyl (C=O) groups excluding carboxylic acids is 3. The number of esters is 1. The summed E-state index contributed by atoms with van der Waals surface area (Å²) >= 11 is 12.3. The van der Waals surface area contributed by atoms with Crippen molar-refractivity contribution in [2.45, 2.75) is 37.7 Å². The highest BCUT2D eigenvalue weighted by Crippen LogP contribution is 2.52. The summed E-state index contributed by atoms with van der Waals surface area (Å²) in [5, 5.41) is 0.763. The van der Waals surface area contributed by atoms with Gasteiger partial charge in [0.1, 0.15) is 5.82 Å². The van der Waals surface area contributed by atoms with Crippen molar-refractivity contribution in [3.63, 3.8) is 0 Å². The Kier molecular flexibility index (Phi) is 8.40. The van der Waals surface area contributed by atoms with Crippen molar-refractivity contribution < 1.29 is 37.4 Å². The van der Waals surface area contributed by atoms with Crippen LogP contribution >= 0.6 is 23.2 Å². The molecule has 0 N–H and O–H groups in total. The molecule has 3 aromatic carbocycles. The molecule has 0 radical (unpaired) electrons. The second-order valence-corrected chi connectivity index (χ2v) is 11.1. The number of fused-ring (bicyclic) bond motifs is 1. The van der Waals surface area contributed by atoms with E-state index in [1.165, 1.54) is 30.0 Å². The normalized spacial score (nSPS) is 19.7. The van der Waals surface area contributed by atoms with Crippen LogP contribution in [0.1, 0.15) is 63.7 Å². The summed E-state index contributed by atoms with van der Waals surface area (Å²) in [6.07, 6.45) is -0.348. The van der Waals surface area contributed by atoms with Gasteiger partial charge in [-0.2, -0.15) is 0 Å². The quantitative estimate of drug-likeness (QED) is 0.192. The van der Waals surface area contributed by atoms with Crippen LogP contribution in [0.3, 0.4) is 0 Å². The predicted molar refractivity (Wildman–Crippen MR) is 151 cm³/mol. The predicted octanol–water partition coefficient (Wildman–Crippen LogP) is 6.44. The number of nitrogens with zero attached hydrogens (tertiary/aromatic N) is 1. The number of benzene rings is 3. The minimum Gasteiger partial charge on any atom is -0.466 e. The highest BCUT2D eigenvalue weighted by atomic mass is 35.5. The fourth-order valence-corrected chi connectivity index (χ4v) is 5.58. The largest absolute Gasteiger partial charge is 0.466 e. The lowest BCUT2D eigenvalue weighted by Gasteiger charge is -2.45. The van der Waals surface area contributed by atoms with E-state index in [9.17, 15) is 14.4 Å². The van der Waals surface area contributed by atoms with Crippen LogP contribution in [0.2, 0.25) is 10.0 Å². The summed E-state index contributed by atoms with van der Waals surface area (Å²) in [5.74, 6) is -2.74. The van der Waals surface area contributed by atoms with E-state index in [2.05, 4.69) is 0 Å². The van der Waals surface area contributed by atoms with Gasteiger partial charge in [-0.05, 0) is 55.8 Å². The maximum absolute atomic E-state index is 16.3. The van der Waals surface area contributed by atoms with Gasteiger partial charge in [-0.1, -0.05) is 47.5 Å². The first-order chi connectivity index (χ1) is 20.0. The van der Waals surface area contributed by atoms with Crippen LogP contribution in [0, 0.1) is 5.82 Å². The number of rotatable bonds is 10. The summed E-state index contributed by atoms with van der Waals surface area (Å²) in [5.41, 5.74) is -3.67. The third kappa shape index (κ3) is 5.42. The average molecular weight is 618 g/mol. The summed E-state index contributed by atoms with van der Waals surface area (Å²) in [7, 11) is 0. The van der Waals surface area contributed by atoms with Crippen LogP contribution in [-0.4, -0.2) is 54.7 Å². The van der Waals surface area contributed by atoms with Crippen LogP contribution in [0.25, 0.3) is 0 Å². The zero-order valence-corrected chi connectivity index (χ0v) is 24.3. The zero-order valence-electron chi connectivity index (χ0n) is 22.8. The Balaban J connectivity index is 1.81. The van der Waals surface area contributed by atoms with Crippen LogP contribution in [0.4, 0.5) is 8.78 Å². The molecule has 7 nitrogen and oxygen atoms in total. The fraction of sp³-hybridized carbons (Fsp3) is 0.323. The van der Waals surface area contributed by atoms with Gasteiger partial charge in [0.05, 0.1) is 50.0 Å². The molecule has 1 amide bonds. The van der Waals surface area contributed by atoms with Crippen molar-refractivity contribution in [3.8, 4) is 0 Å². The number of carbonyl (C=O) groups is 3. The lowest BCUT2D eigenvalue weighted by atomic mass is 9.89. The topological polar surface area (TPSA) is 82.1 Å². The molecule has 42 heavy (non-hydrogen) atoms. The molecule has 2 atom stereocenters. The molecule has 0 bridgehead atoms. The number of hydrogen-bond donors (Lipinski definition) is 0. The Morgan fingerprint density at radius 1 is 1.05 bits per heavy atom. The monoisotopic (exact) mass is 617 g/mol. The molecule has 1 saturated heterocycles. The lowest BCUT2D eigenvalue weighted by Crippen LogP contribution is -2.55. The Hall–Kier alpha value is -3.37. The number of halogens is 4. The van der Waals surface area contributed by atoms with Crippen molar-refractivity contribution in [1.82, 2.24) is 4.90 Å². The van der Waals surface area contributed by atoms with Gasteiger partial charge in [-0.25, -0.2) is 8.78 Å². The van der Waals surface area contributed by atoms with Gasteiger partial charge in [0.15, 0.2) is 11.5 Å². The highest BCUT2D eigenvalue weighted by Gasteiger charge is 2.58. The number of hydrogen-bond acceptors (Lipinski definition) is 6. The molecule has 5 rings (SSSR count). The summed E-state index contributed by atoms with van der Waals surface area (Å²) in [6.45, 7) is 1.91. The summed E-state index contributed by atoms with van der Waals surface area (Å²) < 4.78 is 48.4. The molecule has 3 aromatic rings. The van der Waals surface area contributed by atoms with E-state index < -0.39 is 47.5 Å². The maximum Gasteiger partial charge on any atom is 0.308 e. The van der Waals surface area contributed by atoms with Crippen molar-refractivity contribution in [3.05, 3.63) is 104 Å². The minimum absolute atomic E-state index is 0.0331. The summed E-state index contributed by atoms with van der Waals surface area (Å²) in [6, 6.07) is 13.8. The Labute approximate surface area is 251 Å². The fourth-order valence-electron chi connectivity index (χ4n) is 5.32. The molecule has 11 heteroatoms. The molecule has 1 fully saturated rings. The molecular formula is C31H27Cl2F2NO6. The molecule has 0 aromatic heterocycles. The van der Waals surface area contributed by atoms with Crippen LogP contribution in [0.15, 0.2) is 60.7 Å². The Morgan fingerprint density at radius 3 is 2.21 bits per heavy atom. The molecule has 0 aliphatic carbocycles. The summed E-state index contributed by atoms with van der Waals surface area (Å²) in [4.78, 5) is 40.9. The molecule has 0 saturated carbocycles. The number of amides is 1. The first kappa shape index (κ1) is 30.1. The van der Waals surface area contributed by atoms with E-state index in [1.807, 2.05) is 0 Å². The molecule has 2 aliphatic rings. The van der Waals surface area contributed by atoms with Crippen LogP contribution in [-0.2, 0) is 24.7 Å². The van der Waals surface area contributed by atoms with E-state index in [0.29, 0.717) is 15.6 Å². The first-order valence-electron chi connectivity index (χ1n) is 13.3. The Bertz CT molecular complexity index is 1530. The van der Waals surface area contributed by atoms with Gasteiger partial charge < -0.3 is 14.2 Å². The van der Waals surface area contributed by atoms with Gasteiger partial charge in [-0.3, -0.25) is 19.3 Å². The zero-order chi connectivity index (χ0) is 30.2. The number of alkyl halides is 1. The number of ether oxygens (including phenoxy) is 3. The third-order valence-corrected chi connectivity index (χ3v) is 7.86. The van der Waals surface area contributed by atoms with Crippen molar-refractivity contribution in [2.75, 3.05) is 26.4 Å². The number of Topliss-reactive ketones (excluding diaryl/α,β-unsaturated/α-hetero) is 1. The second kappa shape index (κ2) is 11.7. The standard InChI is InChI=1S/C31H27Cl2F2NO6/c1-3-41-27(38)14-26(19-4-8-22(32)9-5-19)36-29(39)24-12-20(18(2)37)13-25(34)28(24)31(36,21-6-10-23(33)11-7-21)42-17-30(35)15-40-16-30/h4-13,26H,3,14-17H2,1-2H3/t26-,31+/m0/s1. The van der Waals surface area contributed by atoms with Crippen molar-refractivity contribution in [2.24, 2.45) is 0 Å². The van der Waals surface area contributed by atoms with E-state index in [0.717, 1.165) is 6.07 Å². The van der Waals surface area contributed by atoms with Crippen LogP contribution in [0.5, 0.6) is 0 Å². The highest BCUT2D eigenvalue weighted by molar-refractivity contribution is 6.30. The third-order valence-electron chi connectivity index (χ3n) is 7.35. The number of ketones is 1. The molecule has 0 spiro atoms. The van der Waals surface area contributed by atoms with Gasteiger partial charge in [0.2, 0.25) is 5.72 Å². The minimum atomic E-state index is -2.08. The Morgan fingerprint density at radius 2 is 1.67 bits per heavy atom. The van der Waals surface area contributed by atoms with E-state index in [-0.39, 0.29) is 48.5 Å². The van der Waals surface area contributed by atoms with E-state index in [1.54, 1.807) is 43.3 Å². The second-order valence-electron chi connectivity index (χ2n) is 10.3. The molecular weight excluding hydrogens is 591 g/mol. The van der Waals surface area contributed by atoms with Crippen molar-refractivity contribution in [1.29, 1.82) is 0 Å². The molecule has 2 aliphatic heterocycles. The van der Waals surface area contributed by atoms with Crippen LogP contribution < -0.4 is 0 Å². The maximum atomic E-state index is 16.3. The van der Waals surface area contributed by atoms with Gasteiger partial charge in [-0.15, -0.1) is 0 Å². The SMILES string of the molecule is CCOC(=O)C[C@@H](c1ccc(Cl)cc1)N1C(=O)c2cc(C(C)=O)cc(F)c2[C@]1(OCC1(F)COC1)c1ccc(Cl)cc1. The van der Waals surface area contributed by atoms with Gasteiger partial charge >= 0.3 is 5.97 Å². The van der Waals surface area contributed by atoms with E-state index in [4.69, 9.17) is 37.4 Å². The average Bonchev–Trinajstić information content (AvgIpc) is 3.19.